The molecule has 2 nitrogen and oxygen atoms in total. The van der Waals surface area contributed by atoms with Gasteiger partial charge in [-0.25, -0.2) is 0 Å². The van der Waals surface area contributed by atoms with E-state index in [4.69, 9.17) is 4.42 Å². The summed E-state index contributed by atoms with van der Waals surface area (Å²) in [7, 11) is 0. The van der Waals surface area contributed by atoms with E-state index in [1.54, 1.807) is 0 Å². The molecule has 0 saturated heterocycles. The van der Waals surface area contributed by atoms with Crippen molar-refractivity contribution in [3.63, 3.8) is 0 Å². The first-order chi connectivity index (χ1) is 15.9. The Balaban J connectivity index is 1.81. The molecule has 1 heterocycles. The topological polar surface area (TPSA) is 30.2 Å². The number of hydrogen-bond acceptors (Lipinski definition) is 2. The summed E-state index contributed by atoms with van der Waals surface area (Å²) in [6.45, 7) is 6.45. The predicted octanol–water partition coefficient (Wildman–Crippen LogP) is 8.32. The van der Waals surface area contributed by atoms with Crippen molar-refractivity contribution in [1.29, 1.82) is 0 Å². The smallest absolute Gasteiger partial charge is 0.196 e. The van der Waals surface area contributed by atoms with Crippen molar-refractivity contribution in [2.45, 2.75) is 20.8 Å². The molecule has 0 aliphatic carbocycles. The van der Waals surface area contributed by atoms with Crippen LogP contribution in [-0.4, -0.2) is 5.78 Å². The summed E-state index contributed by atoms with van der Waals surface area (Å²) in [6.07, 6.45) is 6.19. The van der Waals surface area contributed by atoms with E-state index in [1.807, 2.05) is 91.0 Å². The van der Waals surface area contributed by atoms with Gasteiger partial charge < -0.3 is 4.42 Å². The molecule has 0 spiro atoms. The molecule has 0 unspecified atom stereocenters. The SMILES string of the molecule is CC(C)(C)/C(=C/C=C/c1ccccc1)c1cc(C(=O)c2ccccc2)c(-c2ccccc2)o1. The third-order valence-electron chi connectivity index (χ3n) is 5.47. The van der Waals surface area contributed by atoms with E-state index >= 15 is 0 Å². The molecule has 0 atom stereocenters. The number of benzene rings is 3. The van der Waals surface area contributed by atoms with Crippen molar-refractivity contribution in [3.8, 4) is 11.3 Å². The number of furan rings is 1. The number of carbonyl (C=O) groups excluding carboxylic acids is 1. The molecule has 2 heteroatoms. The van der Waals surface area contributed by atoms with Gasteiger partial charge in [0.15, 0.2) is 5.78 Å². The highest BCUT2D eigenvalue weighted by molar-refractivity contribution is 6.12. The summed E-state index contributed by atoms with van der Waals surface area (Å²) in [5.74, 6) is 1.26. The molecule has 0 bridgehead atoms. The van der Waals surface area contributed by atoms with E-state index < -0.39 is 0 Å². The average molecular weight is 433 g/mol. The number of allylic oxidation sites excluding steroid dienone is 3. The Hall–Kier alpha value is -3.91. The summed E-state index contributed by atoms with van der Waals surface area (Å²) in [5.41, 5.74) is 4.08. The molecular weight excluding hydrogens is 404 g/mol. The van der Waals surface area contributed by atoms with Crippen molar-refractivity contribution in [1.82, 2.24) is 0 Å². The van der Waals surface area contributed by atoms with Crippen LogP contribution in [0.5, 0.6) is 0 Å². The maximum atomic E-state index is 13.4. The summed E-state index contributed by atoms with van der Waals surface area (Å²) in [5, 5.41) is 0. The highest BCUT2D eigenvalue weighted by atomic mass is 16.3. The monoisotopic (exact) mass is 432 g/mol. The molecule has 0 fully saturated rings. The van der Waals surface area contributed by atoms with Crippen LogP contribution in [0.2, 0.25) is 0 Å². The van der Waals surface area contributed by atoms with E-state index in [1.165, 1.54) is 0 Å². The zero-order chi connectivity index (χ0) is 23.3. The van der Waals surface area contributed by atoms with E-state index in [0.717, 1.165) is 16.7 Å². The number of rotatable bonds is 6. The molecule has 4 aromatic rings. The van der Waals surface area contributed by atoms with Crippen LogP contribution in [0.4, 0.5) is 0 Å². The van der Waals surface area contributed by atoms with Gasteiger partial charge in [0.25, 0.3) is 0 Å². The maximum absolute atomic E-state index is 13.4. The fraction of sp³-hybridized carbons (Fsp3) is 0.129. The molecule has 0 N–H and O–H groups in total. The first kappa shape index (κ1) is 22.3. The Kier molecular flexibility index (Phi) is 6.55. The molecule has 1 aromatic heterocycles. The molecule has 0 aliphatic rings. The second kappa shape index (κ2) is 9.70. The first-order valence-electron chi connectivity index (χ1n) is 11.2. The summed E-state index contributed by atoms with van der Waals surface area (Å²) in [6, 6.07) is 31.2. The fourth-order valence-electron chi connectivity index (χ4n) is 3.76. The Labute approximate surface area is 195 Å². The van der Waals surface area contributed by atoms with Gasteiger partial charge in [-0.1, -0.05) is 130 Å². The molecule has 0 saturated carbocycles. The first-order valence-corrected chi connectivity index (χ1v) is 11.2. The van der Waals surface area contributed by atoms with Gasteiger partial charge in [0, 0.05) is 16.7 Å². The maximum Gasteiger partial charge on any atom is 0.196 e. The summed E-state index contributed by atoms with van der Waals surface area (Å²) >= 11 is 0. The van der Waals surface area contributed by atoms with Crippen molar-refractivity contribution in [2.24, 2.45) is 5.41 Å². The minimum Gasteiger partial charge on any atom is -0.456 e. The minimum atomic E-state index is -0.181. The lowest BCUT2D eigenvalue weighted by Gasteiger charge is -2.21. The average Bonchev–Trinajstić information content (AvgIpc) is 3.27. The molecular formula is C31H28O2. The molecule has 3 aromatic carbocycles. The van der Waals surface area contributed by atoms with Gasteiger partial charge in [-0.15, -0.1) is 0 Å². The molecule has 0 amide bonds. The number of ketones is 1. The van der Waals surface area contributed by atoms with E-state index in [-0.39, 0.29) is 11.2 Å². The van der Waals surface area contributed by atoms with Crippen LogP contribution in [0.1, 0.15) is 48.0 Å². The van der Waals surface area contributed by atoms with E-state index in [2.05, 4.69) is 45.1 Å². The van der Waals surface area contributed by atoms with Crippen LogP contribution in [0, 0.1) is 5.41 Å². The predicted molar refractivity (Wildman–Crippen MR) is 137 cm³/mol. The third kappa shape index (κ3) is 5.30. The Morgan fingerprint density at radius 2 is 1.36 bits per heavy atom. The van der Waals surface area contributed by atoms with Gasteiger partial charge in [-0.05, 0) is 17.0 Å². The van der Waals surface area contributed by atoms with Crippen LogP contribution in [0.3, 0.4) is 0 Å². The van der Waals surface area contributed by atoms with Gasteiger partial charge >= 0.3 is 0 Å². The van der Waals surface area contributed by atoms with Gasteiger partial charge in [-0.3, -0.25) is 4.79 Å². The lowest BCUT2D eigenvalue weighted by atomic mass is 9.84. The summed E-state index contributed by atoms with van der Waals surface area (Å²) < 4.78 is 6.41. The number of carbonyl (C=O) groups is 1. The molecule has 0 aliphatic heterocycles. The third-order valence-corrected chi connectivity index (χ3v) is 5.47. The second-order valence-corrected chi connectivity index (χ2v) is 9.01. The molecule has 33 heavy (non-hydrogen) atoms. The van der Waals surface area contributed by atoms with Gasteiger partial charge in [-0.2, -0.15) is 0 Å². The van der Waals surface area contributed by atoms with Crippen molar-refractivity contribution in [3.05, 3.63) is 132 Å². The van der Waals surface area contributed by atoms with Crippen LogP contribution in [0.25, 0.3) is 23.0 Å². The van der Waals surface area contributed by atoms with Crippen molar-refractivity contribution >= 4 is 17.4 Å². The lowest BCUT2D eigenvalue weighted by molar-refractivity contribution is 0.103. The summed E-state index contributed by atoms with van der Waals surface area (Å²) in [4.78, 5) is 13.4. The van der Waals surface area contributed by atoms with Crippen LogP contribution >= 0.6 is 0 Å². The normalized spacial score (nSPS) is 12.3. The minimum absolute atomic E-state index is 0.0439. The van der Waals surface area contributed by atoms with E-state index in [0.29, 0.717) is 22.6 Å². The zero-order valence-corrected chi connectivity index (χ0v) is 19.3. The highest BCUT2D eigenvalue weighted by Gasteiger charge is 2.26. The number of hydrogen-bond donors (Lipinski definition) is 0. The van der Waals surface area contributed by atoms with Crippen LogP contribution in [-0.2, 0) is 0 Å². The molecule has 0 radical (unpaired) electrons. The van der Waals surface area contributed by atoms with Crippen LogP contribution < -0.4 is 0 Å². The molecule has 4 rings (SSSR count). The van der Waals surface area contributed by atoms with Crippen molar-refractivity contribution < 1.29 is 9.21 Å². The Bertz CT molecular complexity index is 1270. The van der Waals surface area contributed by atoms with Gasteiger partial charge in [0.1, 0.15) is 11.5 Å². The Morgan fingerprint density at radius 1 is 0.788 bits per heavy atom. The van der Waals surface area contributed by atoms with Crippen LogP contribution in [0.15, 0.2) is 114 Å². The standard InChI is InChI=1S/C31H28O2/c1-31(2,3)27(21-13-16-23-14-7-4-8-15-23)28-22-26(29(32)24-17-9-5-10-18-24)30(33-28)25-19-11-6-12-20-25/h4-22H,1-3H3/b16-13+,27-21+. The fourth-order valence-corrected chi connectivity index (χ4v) is 3.76. The van der Waals surface area contributed by atoms with Gasteiger partial charge in [0.2, 0.25) is 0 Å². The molecule has 164 valence electrons. The van der Waals surface area contributed by atoms with Crippen molar-refractivity contribution in [2.75, 3.05) is 0 Å². The van der Waals surface area contributed by atoms with Gasteiger partial charge in [0.05, 0.1) is 5.56 Å². The zero-order valence-electron chi connectivity index (χ0n) is 19.3. The lowest BCUT2D eigenvalue weighted by Crippen LogP contribution is -2.07. The Morgan fingerprint density at radius 3 is 1.97 bits per heavy atom. The van der Waals surface area contributed by atoms with E-state index in [9.17, 15) is 4.79 Å². The largest absolute Gasteiger partial charge is 0.456 e. The second-order valence-electron chi connectivity index (χ2n) is 9.01. The highest BCUT2D eigenvalue weighted by Crippen LogP contribution is 2.39. The quantitative estimate of drug-likeness (QED) is 0.226.